The number of anilines is 2. The maximum absolute atomic E-state index is 13.3. The first kappa shape index (κ1) is 17.3. The van der Waals surface area contributed by atoms with Crippen molar-refractivity contribution < 1.29 is 23.1 Å². The number of pyridine rings is 1. The molecule has 0 aliphatic heterocycles. The van der Waals surface area contributed by atoms with Crippen LogP contribution in [-0.2, 0) is 11.1 Å². The summed E-state index contributed by atoms with van der Waals surface area (Å²) in [5, 5.41) is 12.7. The van der Waals surface area contributed by atoms with Crippen molar-refractivity contribution in [2.75, 3.05) is 5.32 Å². The number of aromatic nitrogens is 1. The van der Waals surface area contributed by atoms with Crippen molar-refractivity contribution in [1.29, 1.82) is 0 Å². The molecule has 1 atom stereocenters. The number of hydrogen-bond donors (Lipinski definition) is 2. The third-order valence-electron chi connectivity index (χ3n) is 3.45. The van der Waals surface area contributed by atoms with E-state index in [-0.39, 0.29) is 21.8 Å². The molecule has 0 spiro atoms. The first-order valence-electron chi connectivity index (χ1n) is 6.84. The molecule has 0 amide bonds. The van der Waals surface area contributed by atoms with Gasteiger partial charge in [0.2, 0.25) is 0 Å². The molecule has 3 aromatic rings. The molecule has 6 nitrogen and oxygen atoms in total. The molecular formula is C16H9ClFN2O4S-. The topological polar surface area (TPSA) is 102 Å². The van der Waals surface area contributed by atoms with Gasteiger partial charge in [-0.05, 0) is 47.5 Å². The smallest absolute Gasteiger partial charge is 0.337 e. The van der Waals surface area contributed by atoms with Crippen LogP contribution in [-0.4, -0.2) is 24.8 Å². The van der Waals surface area contributed by atoms with Crippen LogP contribution >= 0.6 is 11.6 Å². The van der Waals surface area contributed by atoms with Gasteiger partial charge in [-0.25, -0.2) is 9.18 Å². The standard InChI is InChI=1S/C16H10ClFN2O4S/c17-8-1-3-12-10(5-8)15(14(7-19-12)25(23)24)20-13-4-2-9(18)6-11(13)16(21)22/h1-7H,(H,19,20)(H,21,22)(H,23,24)/p-1. The Kier molecular flexibility index (Phi) is 4.67. The monoisotopic (exact) mass is 379 g/mol. The van der Waals surface area contributed by atoms with E-state index in [0.717, 1.165) is 18.3 Å². The Bertz CT molecular complexity index is 1030. The van der Waals surface area contributed by atoms with Gasteiger partial charge < -0.3 is 15.0 Å². The van der Waals surface area contributed by atoms with Gasteiger partial charge >= 0.3 is 5.97 Å². The van der Waals surface area contributed by atoms with Crippen LogP contribution in [0, 0.1) is 5.82 Å². The number of hydrogen-bond acceptors (Lipinski definition) is 5. The van der Waals surface area contributed by atoms with Crippen LogP contribution in [0.15, 0.2) is 47.5 Å². The zero-order valence-electron chi connectivity index (χ0n) is 12.3. The molecule has 3 rings (SSSR count). The van der Waals surface area contributed by atoms with Crippen molar-refractivity contribution in [2.24, 2.45) is 0 Å². The molecule has 0 saturated heterocycles. The molecule has 0 bridgehead atoms. The number of carbonyl (C=O) groups is 1. The number of nitrogens with zero attached hydrogens (tertiary/aromatic N) is 1. The summed E-state index contributed by atoms with van der Waals surface area (Å²) in [4.78, 5) is 15.2. The third kappa shape index (κ3) is 3.46. The van der Waals surface area contributed by atoms with Crippen molar-refractivity contribution in [3.63, 3.8) is 0 Å². The van der Waals surface area contributed by atoms with Gasteiger partial charge in [-0.3, -0.25) is 9.19 Å². The maximum Gasteiger partial charge on any atom is 0.337 e. The van der Waals surface area contributed by atoms with Crippen molar-refractivity contribution in [3.05, 3.63) is 59.0 Å². The molecule has 2 aromatic carbocycles. The average Bonchev–Trinajstić information content (AvgIpc) is 2.56. The van der Waals surface area contributed by atoms with E-state index < -0.39 is 22.9 Å². The normalized spacial score (nSPS) is 12.1. The Balaban J connectivity index is 2.25. The highest BCUT2D eigenvalue weighted by molar-refractivity contribution is 7.79. The lowest BCUT2D eigenvalue weighted by Gasteiger charge is -2.17. The summed E-state index contributed by atoms with van der Waals surface area (Å²) >= 11 is 3.34. The number of carboxylic acid groups (broad SMARTS) is 1. The lowest BCUT2D eigenvalue weighted by atomic mass is 10.1. The van der Waals surface area contributed by atoms with Gasteiger partial charge in [0, 0.05) is 16.6 Å². The van der Waals surface area contributed by atoms with Gasteiger partial charge in [0.25, 0.3) is 0 Å². The zero-order chi connectivity index (χ0) is 18.1. The van der Waals surface area contributed by atoms with E-state index in [1.54, 1.807) is 12.1 Å². The Morgan fingerprint density at radius 3 is 2.72 bits per heavy atom. The highest BCUT2D eigenvalue weighted by Crippen LogP contribution is 2.33. The summed E-state index contributed by atoms with van der Waals surface area (Å²) in [6.07, 6.45) is 1.14. The van der Waals surface area contributed by atoms with E-state index >= 15 is 0 Å². The van der Waals surface area contributed by atoms with Crippen LogP contribution in [0.1, 0.15) is 10.4 Å². The van der Waals surface area contributed by atoms with Gasteiger partial charge in [0.1, 0.15) is 5.82 Å². The molecule has 0 radical (unpaired) electrons. The fourth-order valence-corrected chi connectivity index (χ4v) is 2.98. The van der Waals surface area contributed by atoms with E-state index in [9.17, 15) is 23.1 Å². The molecule has 0 aliphatic carbocycles. The number of aromatic carboxylic acids is 1. The molecule has 0 saturated carbocycles. The summed E-state index contributed by atoms with van der Waals surface area (Å²) in [6.45, 7) is 0. The van der Waals surface area contributed by atoms with E-state index in [1.165, 1.54) is 12.1 Å². The molecule has 2 N–H and O–H groups in total. The lowest BCUT2D eigenvalue weighted by molar-refractivity contribution is 0.0697. The Hall–Kier alpha value is -2.55. The second-order valence-corrected chi connectivity index (χ2v) is 6.36. The summed E-state index contributed by atoms with van der Waals surface area (Å²) in [5.74, 6) is -2.08. The Morgan fingerprint density at radius 2 is 2.04 bits per heavy atom. The van der Waals surface area contributed by atoms with Crippen LogP contribution in [0.25, 0.3) is 10.9 Å². The van der Waals surface area contributed by atoms with Crippen LogP contribution in [0.2, 0.25) is 5.02 Å². The average molecular weight is 380 g/mol. The van der Waals surface area contributed by atoms with Gasteiger partial charge in [-0.15, -0.1) is 0 Å². The number of halogens is 2. The number of carboxylic acids is 1. The molecule has 1 unspecified atom stereocenters. The molecule has 1 heterocycles. The van der Waals surface area contributed by atoms with Crippen LogP contribution in [0.4, 0.5) is 15.8 Å². The van der Waals surface area contributed by atoms with E-state index in [4.69, 9.17) is 11.6 Å². The van der Waals surface area contributed by atoms with Crippen LogP contribution in [0.3, 0.4) is 0 Å². The fourth-order valence-electron chi connectivity index (χ4n) is 2.34. The van der Waals surface area contributed by atoms with E-state index in [2.05, 4.69) is 10.3 Å². The summed E-state index contributed by atoms with van der Waals surface area (Å²) < 4.78 is 36.4. The minimum Gasteiger partial charge on any atom is -0.768 e. The molecule has 25 heavy (non-hydrogen) atoms. The first-order valence-corrected chi connectivity index (χ1v) is 8.29. The quantitative estimate of drug-likeness (QED) is 0.670. The highest BCUT2D eigenvalue weighted by atomic mass is 35.5. The Morgan fingerprint density at radius 1 is 1.28 bits per heavy atom. The number of rotatable bonds is 4. The second-order valence-electron chi connectivity index (χ2n) is 5.01. The Labute approximate surface area is 148 Å². The predicted octanol–water partition coefficient (Wildman–Crippen LogP) is 3.71. The predicted molar refractivity (Wildman–Crippen MR) is 90.6 cm³/mol. The lowest BCUT2D eigenvalue weighted by Crippen LogP contribution is -2.06. The maximum atomic E-state index is 13.3. The van der Waals surface area contributed by atoms with Crippen molar-refractivity contribution in [2.45, 2.75) is 4.90 Å². The molecule has 0 aliphatic rings. The molecule has 128 valence electrons. The van der Waals surface area contributed by atoms with Gasteiger partial charge in [0.05, 0.1) is 27.4 Å². The van der Waals surface area contributed by atoms with Gasteiger partial charge in [0.15, 0.2) is 0 Å². The number of benzene rings is 2. The SMILES string of the molecule is O=C(O)c1cc(F)ccc1Nc1c(S(=O)[O-])cnc2ccc(Cl)cc12. The van der Waals surface area contributed by atoms with Crippen molar-refractivity contribution in [1.82, 2.24) is 4.98 Å². The summed E-state index contributed by atoms with van der Waals surface area (Å²) in [5.41, 5.74) is 0.262. The summed E-state index contributed by atoms with van der Waals surface area (Å²) in [6, 6.07) is 7.83. The summed E-state index contributed by atoms with van der Waals surface area (Å²) in [7, 11) is 0. The second kappa shape index (κ2) is 6.75. The largest absolute Gasteiger partial charge is 0.768 e. The minimum atomic E-state index is -2.64. The molecule has 0 fully saturated rings. The minimum absolute atomic E-state index is 0.0353. The number of fused-ring (bicyclic) bond motifs is 1. The van der Waals surface area contributed by atoms with E-state index in [1.807, 2.05) is 0 Å². The molecule has 1 aromatic heterocycles. The van der Waals surface area contributed by atoms with Crippen LogP contribution < -0.4 is 5.32 Å². The van der Waals surface area contributed by atoms with Crippen LogP contribution in [0.5, 0.6) is 0 Å². The number of nitrogens with one attached hydrogen (secondary N) is 1. The van der Waals surface area contributed by atoms with Crippen molar-refractivity contribution in [3.8, 4) is 0 Å². The zero-order valence-corrected chi connectivity index (χ0v) is 13.9. The van der Waals surface area contributed by atoms with E-state index in [0.29, 0.717) is 15.9 Å². The van der Waals surface area contributed by atoms with Gasteiger partial charge in [-0.1, -0.05) is 11.6 Å². The highest BCUT2D eigenvalue weighted by Gasteiger charge is 2.16. The molecule has 9 heteroatoms. The molecular weight excluding hydrogens is 371 g/mol. The first-order chi connectivity index (χ1) is 11.9. The third-order valence-corrected chi connectivity index (χ3v) is 4.35. The van der Waals surface area contributed by atoms with Crippen molar-refractivity contribution >= 4 is 50.9 Å². The van der Waals surface area contributed by atoms with Gasteiger partial charge in [-0.2, -0.15) is 0 Å². The fraction of sp³-hybridized carbons (Fsp3) is 0.